The van der Waals surface area contributed by atoms with Gasteiger partial charge in [0.15, 0.2) is 0 Å². The quantitative estimate of drug-likeness (QED) is 0.923. The summed E-state index contributed by atoms with van der Waals surface area (Å²) in [5.74, 6) is 0. The van der Waals surface area contributed by atoms with Crippen molar-refractivity contribution >= 4 is 15.9 Å². The summed E-state index contributed by atoms with van der Waals surface area (Å²) in [5.41, 5.74) is 11.6. The maximum atomic E-state index is 6.19. The lowest BCUT2D eigenvalue weighted by molar-refractivity contribution is 0.306. The van der Waals surface area contributed by atoms with Crippen LogP contribution in [0.15, 0.2) is 28.7 Å². The molecule has 0 saturated heterocycles. The van der Waals surface area contributed by atoms with Crippen molar-refractivity contribution in [3.63, 3.8) is 0 Å². The van der Waals surface area contributed by atoms with Gasteiger partial charge in [-0.25, -0.2) is 0 Å². The van der Waals surface area contributed by atoms with Crippen LogP contribution in [-0.2, 0) is 32.7 Å². The van der Waals surface area contributed by atoms with Crippen LogP contribution in [0, 0.1) is 5.41 Å². The molecule has 1 heterocycles. The van der Waals surface area contributed by atoms with Gasteiger partial charge in [-0.2, -0.15) is 5.10 Å². The van der Waals surface area contributed by atoms with Gasteiger partial charge >= 0.3 is 0 Å². The number of fused-ring (bicyclic) bond motifs is 1. The number of nitrogens with two attached hydrogens (primary N) is 1. The van der Waals surface area contributed by atoms with Gasteiger partial charge in [0.1, 0.15) is 0 Å². The molecule has 1 aromatic carbocycles. The Bertz CT molecular complexity index is 635. The monoisotopic (exact) mass is 347 g/mol. The highest BCUT2D eigenvalue weighted by atomic mass is 79.9. The van der Waals surface area contributed by atoms with Crippen molar-refractivity contribution in [3.8, 4) is 0 Å². The maximum absolute atomic E-state index is 6.19. The van der Waals surface area contributed by atoms with Crippen molar-refractivity contribution in [2.45, 2.75) is 32.6 Å². The van der Waals surface area contributed by atoms with E-state index >= 15 is 0 Å². The highest BCUT2D eigenvalue weighted by molar-refractivity contribution is 9.10. The van der Waals surface area contributed by atoms with Gasteiger partial charge in [0.2, 0.25) is 0 Å². The van der Waals surface area contributed by atoms with Crippen LogP contribution < -0.4 is 5.73 Å². The van der Waals surface area contributed by atoms with Crippen molar-refractivity contribution in [1.82, 2.24) is 9.78 Å². The van der Waals surface area contributed by atoms with E-state index in [1.54, 1.807) is 0 Å². The molecule has 2 N–H and O–H groups in total. The zero-order chi connectivity index (χ0) is 15.0. The fourth-order valence-electron chi connectivity index (χ4n) is 3.48. The standard InChI is InChI=1S/C17H22BrN3/c1-3-14-16(18)15(21(2)20-14)10-17(11-19)8-12-6-4-5-7-13(12)9-17/h4-7H,3,8-11,19H2,1-2H3. The van der Waals surface area contributed by atoms with Crippen molar-refractivity contribution in [3.05, 3.63) is 51.3 Å². The molecular formula is C17H22BrN3. The molecule has 2 aromatic rings. The molecule has 1 aromatic heterocycles. The van der Waals surface area contributed by atoms with Crippen LogP contribution in [0.5, 0.6) is 0 Å². The molecule has 4 heteroatoms. The van der Waals surface area contributed by atoms with Crippen LogP contribution in [0.2, 0.25) is 0 Å². The highest BCUT2D eigenvalue weighted by Gasteiger charge is 2.37. The van der Waals surface area contributed by atoms with E-state index in [1.165, 1.54) is 16.8 Å². The van der Waals surface area contributed by atoms with E-state index in [4.69, 9.17) is 5.73 Å². The van der Waals surface area contributed by atoms with Crippen LogP contribution >= 0.6 is 15.9 Å². The molecule has 0 radical (unpaired) electrons. The van der Waals surface area contributed by atoms with Crippen LogP contribution in [-0.4, -0.2) is 16.3 Å². The summed E-state index contributed by atoms with van der Waals surface area (Å²) in [5, 5.41) is 4.61. The number of nitrogens with zero attached hydrogens (tertiary/aromatic N) is 2. The number of benzene rings is 1. The summed E-state index contributed by atoms with van der Waals surface area (Å²) in [6.07, 6.45) is 4.06. The van der Waals surface area contributed by atoms with Crippen LogP contribution in [0.3, 0.4) is 0 Å². The second-order valence-corrected chi connectivity index (χ2v) is 6.98. The lowest BCUT2D eigenvalue weighted by Gasteiger charge is -2.27. The summed E-state index contributed by atoms with van der Waals surface area (Å²) >= 11 is 3.73. The first-order valence-electron chi connectivity index (χ1n) is 7.55. The van der Waals surface area contributed by atoms with Crippen molar-refractivity contribution < 1.29 is 0 Å². The third kappa shape index (κ3) is 2.55. The number of halogens is 1. The van der Waals surface area contributed by atoms with Gasteiger partial charge in [-0.1, -0.05) is 31.2 Å². The molecule has 1 aliphatic rings. The molecule has 0 amide bonds. The van der Waals surface area contributed by atoms with Crippen LogP contribution in [0.1, 0.15) is 29.4 Å². The topological polar surface area (TPSA) is 43.8 Å². The van der Waals surface area contributed by atoms with E-state index in [0.717, 1.165) is 35.8 Å². The molecule has 0 fully saturated rings. The molecule has 1 aliphatic carbocycles. The van der Waals surface area contributed by atoms with E-state index in [0.29, 0.717) is 6.54 Å². The largest absolute Gasteiger partial charge is 0.330 e. The van der Waals surface area contributed by atoms with E-state index < -0.39 is 0 Å². The minimum absolute atomic E-state index is 0.130. The normalized spacial score (nSPS) is 16.2. The zero-order valence-corrected chi connectivity index (χ0v) is 14.3. The Kier molecular flexibility index (Phi) is 3.93. The summed E-state index contributed by atoms with van der Waals surface area (Å²) in [6, 6.07) is 8.73. The first-order valence-corrected chi connectivity index (χ1v) is 8.35. The molecule has 0 spiro atoms. The summed E-state index contributed by atoms with van der Waals surface area (Å²) in [7, 11) is 2.03. The second kappa shape index (κ2) is 5.58. The molecule has 0 unspecified atom stereocenters. The van der Waals surface area contributed by atoms with Crippen molar-refractivity contribution in [2.75, 3.05) is 6.54 Å². The van der Waals surface area contributed by atoms with E-state index in [-0.39, 0.29) is 5.41 Å². The smallest absolute Gasteiger partial charge is 0.0766 e. The van der Waals surface area contributed by atoms with Crippen LogP contribution in [0.4, 0.5) is 0 Å². The Balaban J connectivity index is 1.92. The SMILES string of the molecule is CCc1nn(C)c(CC2(CN)Cc3ccccc3C2)c1Br. The minimum Gasteiger partial charge on any atom is -0.330 e. The average Bonchev–Trinajstić information content (AvgIpc) is 2.99. The van der Waals surface area contributed by atoms with E-state index in [2.05, 4.69) is 52.2 Å². The summed E-state index contributed by atoms with van der Waals surface area (Å²) in [6.45, 7) is 2.85. The first-order chi connectivity index (χ1) is 10.1. The predicted molar refractivity (Wildman–Crippen MR) is 89.3 cm³/mol. The Hall–Kier alpha value is -1.13. The van der Waals surface area contributed by atoms with Gasteiger partial charge in [0.05, 0.1) is 15.9 Å². The number of aromatic nitrogens is 2. The summed E-state index contributed by atoms with van der Waals surface area (Å²) < 4.78 is 3.18. The number of hydrogen-bond acceptors (Lipinski definition) is 2. The molecule has 3 rings (SSSR count). The number of rotatable bonds is 4. The minimum atomic E-state index is 0.130. The lowest BCUT2D eigenvalue weighted by atomic mass is 9.80. The Morgan fingerprint density at radius 2 is 1.90 bits per heavy atom. The van der Waals surface area contributed by atoms with Gasteiger partial charge in [-0.05, 0) is 64.7 Å². The summed E-state index contributed by atoms with van der Waals surface area (Å²) in [4.78, 5) is 0. The molecule has 0 aliphatic heterocycles. The Morgan fingerprint density at radius 1 is 1.29 bits per heavy atom. The van der Waals surface area contributed by atoms with E-state index in [1.807, 2.05) is 11.7 Å². The Labute approximate surface area is 134 Å². The molecular weight excluding hydrogens is 326 g/mol. The Morgan fingerprint density at radius 3 is 2.38 bits per heavy atom. The maximum Gasteiger partial charge on any atom is 0.0766 e. The van der Waals surface area contributed by atoms with Gasteiger partial charge in [0, 0.05) is 7.05 Å². The van der Waals surface area contributed by atoms with E-state index in [9.17, 15) is 0 Å². The van der Waals surface area contributed by atoms with Gasteiger partial charge in [0.25, 0.3) is 0 Å². The number of aryl methyl sites for hydroxylation is 2. The highest BCUT2D eigenvalue weighted by Crippen LogP contribution is 2.40. The van der Waals surface area contributed by atoms with Gasteiger partial charge in [-0.15, -0.1) is 0 Å². The van der Waals surface area contributed by atoms with Gasteiger partial charge in [-0.3, -0.25) is 4.68 Å². The van der Waals surface area contributed by atoms with Crippen molar-refractivity contribution in [2.24, 2.45) is 18.2 Å². The van der Waals surface area contributed by atoms with Gasteiger partial charge < -0.3 is 5.73 Å². The molecule has 0 atom stereocenters. The molecule has 0 bridgehead atoms. The average molecular weight is 348 g/mol. The third-order valence-corrected chi connectivity index (χ3v) is 5.64. The third-order valence-electron chi connectivity index (χ3n) is 4.73. The molecule has 3 nitrogen and oxygen atoms in total. The molecule has 0 saturated carbocycles. The van der Waals surface area contributed by atoms with Crippen LogP contribution in [0.25, 0.3) is 0 Å². The van der Waals surface area contributed by atoms with Crippen molar-refractivity contribution in [1.29, 1.82) is 0 Å². The number of hydrogen-bond donors (Lipinski definition) is 1. The fraction of sp³-hybridized carbons (Fsp3) is 0.471. The second-order valence-electron chi connectivity index (χ2n) is 6.19. The predicted octanol–water partition coefficient (Wildman–Crippen LogP) is 3.03. The zero-order valence-electron chi connectivity index (χ0n) is 12.7. The first kappa shape index (κ1) is 14.8. The molecule has 21 heavy (non-hydrogen) atoms. The molecule has 112 valence electrons. The lowest BCUT2D eigenvalue weighted by Crippen LogP contribution is -2.34. The fourth-order valence-corrected chi connectivity index (χ4v) is 4.24.